The predicted octanol–water partition coefficient (Wildman–Crippen LogP) is 3.68. The molecule has 13 heavy (non-hydrogen) atoms. The van der Waals surface area contributed by atoms with E-state index >= 15 is 0 Å². The van der Waals surface area contributed by atoms with Crippen LogP contribution in [0.3, 0.4) is 0 Å². The van der Waals surface area contributed by atoms with Crippen LogP contribution in [0.25, 0.3) is 0 Å². The first kappa shape index (κ1) is 14.4. The van der Waals surface area contributed by atoms with Gasteiger partial charge >= 0.3 is 0 Å². The molecule has 0 aromatic rings. The Labute approximate surface area is 81.9 Å². The van der Waals surface area contributed by atoms with Crippen molar-refractivity contribution >= 4 is 5.78 Å². The molecular formula is C12H20O. The molecule has 0 aliphatic heterocycles. The maximum atomic E-state index is 9.81. The Morgan fingerprint density at radius 2 is 1.69 bits per heavy atom. The molecule has 0 unspecified atom stereocenters. The molecule has 0 radical (unpaired) electrons. The minimum absolute atomic E-state index is 0.255. The quantitative estimate of drug-likeness (QED) is 0.605. The summed E-state index contributed by atoms with van der Waals surface area (Å²) in [6, 6.07) is 0. The molecule has 0 amide bonds. The fourth-order valence-corrected chi connectivity index (χ4v) is 0.448. The molecule has 1 heteroatoms. The van der Waals surface area contributed by atoms with Crippen LogP contribution in [0.2, 0.25) is 0 Å². The Kier molecular flexibility index (Phi) is 9.96. The molecule has 0 saturated heterocycles. The summed E-state index contributed by atoms with van der Waals surface area (Å²) < 4.78 is 0. The Hall–Kier alpha value is -1.11. The van der Waals surface area contributed by atoms with E-state index in [0.29, 0.717) is 6.42 Å². The summed E-state index contributed by atoms with van der Waals surface area (Å²) in [6.45, 7) is 14.7. The number of carbonyl (C=O) groups excluding carboxylic acids is 1. The van der Waals surface area contributed by atoms with Crippen LogP contribution in [0.4, 0.5) is 0 Å². The summed E-state index contributed by atoms with van der Waals surface area (Å²) in [6.07, 6.45) is 4.47. The number of hydrogen-bond donors (Lipinski definition) is 0. The standard InChI is InChI=1S/C8H12.C4H8O/c1-5-8(4)6-7(2)3;1-3-4(2)5/h5-6H,1-2H2,3-4H3;3H2,1-2H3/b8-6-;. The highest BCUT2D eigenvalue weighted by Crippen LogP contribution is 1.97. The molecule has 0 aromatic heterocycles. The molecular weight excluding hydrogens is 160 g/mol. The van der Waals surface area contributed by atoms with Crippen molar-refractivity contribution in [1.29, 1.82) is 0 Å². The van der Waals surface area contributed by atoms with E-state index in [2.05, 4.69) is 13.2 Å². The van der Waals surface area contributed by atoms with Crippen molar-refractivity contribution < 1.29 is 4.79 Å². The van der Waals surface area contributed by atoms with E-state index in [9.17, 15) is 4.79 Å². The van der Waals surface area contributed by atoms with Crippen LogP contribution in [-0.2, 0) is 4.79 Å². The van der Waals surface area contributed by atoms with Gasteiger partial charge in [-0.25, -0.2) is 0 Å². The third-order valence-corrected chi connectivity index (χ3v) is 1.29. The van der Waals surface area contributed by atoms with Gasteiger partial charge in [0.2, 0.25) is 0 Å². The highest BCUT2D eigenvalue weighted by Gasteiger charge is 1.77. The van der Waals surface area contributed by atoms with Crippen molar-refractivity contribution in [1.82, 2.24) is 0 Å². The van der Waals surface area contributed by atoms with Crippen molar-refractivity contribution in [2.24, 2.45) is 0 Å². The average molecular weight is 180 g/mol. The maximum Gasteiger partial charge on any atom is 0.129 e. The fourth-order valence-electron chi connectivity index (χ4n) is 0.448. The molecule has 1 nitrogen and oxygen atoms in total. The first-order valence-corrected chi connectivity index (χ1v) is 4.39. The number of allylic oxidation sites excluding steroid dienone is 4. The van der Waals surface area contributed by atoms with Gasteiger partial charge in [-0.3, -0.25) is 0 Å². The van der Waals surface area contributed by atoms with Crippen molar-refractivity contribution in [3.05, 3.63) is 36.5 Å². The Balaban J connectivity index is 0. The average Bonchev–Trinajstić information content (AvgIpc) is 2.04. The number of Topliss-reactive ketones (excluding diaryl/α,β-unsaturated/α-hetero) is 1. The SMILES string of the molecule is C=C/C(C)=C\C(=C)C.CCC(C)=O. The van der Waals surface area contributed by atoms with Crippen molar-refractivity contribution in [3.63, 3.8) is 0 Å². The van der Waals surface area contributed by atoms with Gasteiger partial charge in [-0.1, -0.05) is 43.4 Å². The van der Waals surface area contributed by atoms with Crippen molar-refractivity contribution in [3.8, 4) is 0 Å². The van der Waals surface area contributed by atoms with Gasteiger partial charge < -0.3 is 4.79 Å². The predicted molar refractivity (Wildman–Crippen MR) is 59.7 cm³/mol. The zero-order chi connectivity index (χ0) is 10.9. The summed E-state index contributed by atoms with van der Waals surface area (Å²) in [5.41, 5.74) is 2.24. The first-order valence-electron chi connectivity index (χ1n) is 4.39. The zero-order valence-corrected chi connectivity index (χ0v) is 9.18. The second-order valence-electron chi connectivity index (χ2n) is 2.99. The summed E-state index contributed by atoms with van der Waals surface area (Å²) >= 11 is 0. The smallest absolute Gasteiger partial charge is 0.129 e. The van der Waals surface area contributed by atoms with Gasteiger partial charge in [0.25, 0.3) is 0 Å². The summed E-state index contributed by atoms with van der Waals surface area (Å²) in [7, 11) is 0. The molecule has 0 atom stereocenters. The molecule has 0 saturated carbocycles. The highest BCUT2D eigenvalue weighted by atomic mass is 16.1. The molecule has 0 heterocycles. The topological polar surface area (TPSA) is 17.1 Å². The van der Waals surface area contributed by atoms with Gasteiger partial charge in [0.15, 0.2) is 0 Å². The first-order chi connectivity index (χ1) is 5.93. The van der Waals surface area contributed by atoms with E-state index in [1.165, 1.54) is 0 Å². The molecule has 0 aliphatic carbocycles. The maximum absolute atomic E-state index is 9.81. The van der Waals surface area contributed by atoms with Gasteiger partial charge in [-0.2, -0.15) is 0 Å². The van der Waals surface area contributed by atoms with E-state index in [-0.39, 0.29) is 5.78 Å². The summed E-state index contributed by atoms with van der Waals surface area (Å²) in [4.78, 5) is 9.81. The fraction of sp³-hybridized carbons (Fsp3) is 0.417. The third-order valence-electron chi connectivity index (χ3n) is 1.29. The Morgan fingerprint density at radius 3 is 1.77 bits per heavy atom. The van der Waals surface area contributed by atoms with E-state index in [1.807, 2.05) is 32.9 Å². The van der Waals surface area contributed by atoms with E-state index in [1.54, 1.807) is 6.92 Å². The van der Waals surface area contributed by atoms with Crippen LogP contribution >= 0.6 is 0 Å². The lowest BCUT2D eigenvalue weighted by Crippen LogP contribution is -1.80. The lowest BCUT2D eigenvalue weighted by atomic mass is 10.2. The van der Waals surface area contributed by atoms with E-state index in [4.69, 9.17) is 0 Å². The molecule has 0 rings (SSSR count). The summed E-state index contributed by atoms with van der Waals surface area (Å²) in [5.74, 6) is 0.255. The zero-order valence-electron chi connectivity index (χ0n) is 9.18. The summed E-state index contributed by atoms with van der Waals surface area (Å²) in [5, 5.41) is 0. The lowest BCUT2D eigenvalue weighted by Gasteiger charge is -1.87. The minimum atomic E-state index is 0.255. The van der Waals surface area contributed by atoms with E-state index < -0.39 is 0 Å². The normalized spacial score (nSPS) is 9.69. The Morgan fingerprint density at radius 1 is 1.31 bits per heavy atom. The monoisotopic (exact) mass is 180 g/mol. The van der Waals surface area contributed by atoms with Crippen LogP contribution < -0.4 is 0 Å². The minimum Gasteiger partial charge on any atom is -0.300 e. The molecule has 0 aliphatic rings. The molecule has 0 spiro atoms. The third kappa shape index (κ3) is 18.1. The molecule has 74 valence electrons. The van der Waals surface area contributed by atoms with E-state index in [0.717, 1.165) is 11.1 Å². The van der Waals surface area contributed by atoms with Crippen molar-refractivity contribution in [2.45, 2.75) is 34.1 Å². The number of rotatable bonds is 3. The van der Waals surface area contributed by atoms with Gasteiger partial charge in [-0.15, -0.1) is 0 Å². The molecule has 0 fully saturated rings. The van der Waals surface area contributed by atoms with Crippen LogP contribution in [0.15, 0.2) is 36.5 Å². The van der Waals surface area contributed by atoms with Gasteiger partial charge in [0, 0.05) is 6.42 Å². The van der Waals surface area contributed by atoms with Crippen molar-refractivity contribution in [2.75, 3.05) is 0 Å². The largest absolute Gasteiger partial charge is 0.300 e. The molecule has 0 aromatic carbocycles. The van der Waals surface area contributed by atoms with Gasteiger partial charge in [0.05, 0.1) is 0 Å². The number of ketones is 1. The second kappa shape index (κ2) is 8.98. The van der Waals surface area contributed by atoms with Crippen LogP contribution in [0.5, 0.6) is 0 Å². The number of carbonyl (C=O) groups is 1. The lowest BCUT2D eigenvalue weighted by molar-refractivity contribution is -0.116. The van der Waals surface area contributed by atoms with Crippen LogP contribution in [-0.4, -0.2) is 5.78 Å². The van der Waals surface area contributed by atoms with Gasteiger partial charge in [-0.05, 0) is 20.8 Å². The highest BCUT2D eigenvalue weighted by molar-refractivity contribution is 5.74. The molecule has 0 N–H and O–H groups in total. The van der Waals surface area contributed by atoms with Crippen LogP contribution in [0, 0.1) is 0 Å². The number of hydrogen-bond acceptors (Lipinski definition) is 1. The van der Waals surface area contributed by atoms with Crippen LogP contribution in [0.1, 0.15) is 34.1 Å². The Bertz CT molecular complexity index is 209. The molecule has 0 bridgehead atoms. The second-order valence-corrected chi connectivity index (χ2v) is 2.99. The van der Waals surface area contributed by atoms with Gasteiger partial charge in [0.1, 0.15) is 5.78 Å².